The fourth-order valence-corrected chi connectivity index (χ4v) is 2.51. The largest absolute Gasteiger partial charge is 0.409 e. The van der Waals surface area contributed by atoms with Gasteiger partial charge in [0.25, 0.3) is 5.91 Å². The summed E-state index contributed by atoms with van der Waals surface area (Å²) in [5.74, 6) is -0.231. The summed E-state index contributed by atoms with van der Waals surface area (Å²) in [7, 11) is 1.80. The van der Waals surface area contributed by atoms with Crippen LogP contribution in [0, 0.1) is 0 Å². The van der Waals surface area contributed by atoms with Crippen molar-refractivity contribution in [1.29, 1.82) is 0 Å². The van der Waals surface area contributed by atoms with Gasteiger partial charge in [0.1, 0.15) is 11.2 Å². The van der Waals surface area contributed by atoms with Gasteiger partial charge in [-0.2, -0.15) is 0 Å². The normalized spacial score (nSPS) is 19.1. The molecule has 0 saturated heterocycles. The van der Waals surface area contributed by atoms with Gasteiger partial charge in [0, 0.05) is 13.2 Å². The van der Waals surface area contributed by atoms with Crippen molar-refractivity contribution in [2.45, 2.75) is 37.6 Å². The lowest BCUT2D eigenvalue weighted by Gasteiger charge is -2.36. The van der Waals surface area contributed by atoms with Crippen LogP contribution in [-0.2, 0) is 7.05 Å². The van der Waals surface area contributed by atoms with Gasteiger partial charge in [0.2, 0.25) is 0 Å². The number of nitrogens with two attached hydrogens (primary N) is 1. The van der Waals surface area contributed by atoms with Crippen LogP contribution in [0.2, 0.25) is 0 Å². The summed E-state index contributed by atoms with van der Waals surface area (Å²) in [4.78, 5) is 16.2. The van der Waals surface area contributed by atoms with Crippen LogP contribution in [0.3, 0.4) is 0 Å². The molecule has 1 aliphatic rings. The standard InChI is InChI=1S/C12H19N5O2/c1-17-7-9(14-8-17)10(18)15-12(11(13)16-19)5-3-2-4-6-12/h7-8,19H,2-6H2,1H3,(H2,13,16)(H,15,18). The highest BCUT2D eigenvalue weighted by Crippen LogP contribution is 2.28. The van der Waals surface area contributed by atoms with Crippen LogP contribution in [0.5, 0.6) is 0 Å². The average Bonchev–Trinajstić information content (AvgIpc) is 2.85. The van der Waals surface area contributed by atoms with Crippen LogP contribution < -0.4 is 11.1 Å². The Morgan fingerprint density at radius 1 is 1.53 bits per heavy atom. The topological polar surface area (TPSA) is 106 Å². The summed E-state index contributed by atoms with van der Waals surface area (Å²) in [5.41, 5.74) is 5.36. The first-order valence-electron chi connectivity index (χ1n) is 6.36. The van der Waals surface area contributed by atoms with Gasteiger partial charge in [-0.15, -0.1) is 0 Å². The first-order valence-corrected chi connectivity index (χ1v) is 6.36. The molecule has 7 nitrogen and oxygen atoms in total. The molecule has 2 rings (SSSR count). The van der Waals surface area contributed by atoms with E-state index in [4.69, 9.17) is 10.9 Å². The molecule has 104 valence electrons. The minimum atomic E-state index is -0.748. The maximum absolute atomic E-state index is 12.2. The van der Waals surface area contributed by atoms with Crippen molar-refractivity contribution in [2.24, 2.45) is 17.9 Å². The molecule has 0 atom stereocenters. The molecule has 19 heavy (non-hydrogen) atoms. The second-order valence-corrected chi connectivity index (χ2v) is 5.01. The molecule has 0 bridgehead atoms. The van der Waals surface area contributed by atoms with E-state index >= 15 is 0 Å². The molecule has 1 fully saturated rings. The van der Waals surface area contributed by atoms with E-state index in [0.29, 0.717) is 18.5 Å². The van der Waals surface area contributed by atoms with Gasteiger partial charge in [0.05, 0.1) is 6.33 Å². The van der Waals surface area contributed by atoms with Crippen molar-refractivity contribution in [3.05, 3.63) is 18.2 Å². The minimum absolute atomic E-state index is 0.0662. The van der Waals surface area contributed by atoms with Crippen molar-refractivity contribution < 1.29 is 10.0 Å². The molecule has 1 amide bonds. The maximum Gasteiger partial charge on any atom is 0.272 e. The van der Waals surface area contributed by atoms with Gasteiger partial charge in [-0.25, -0.2) is 4.98 Å². The molecular weight excluding hydrogens is 246 g/mol. The third-order valence-electron chi connectivity index (χ3n) is 3.60. The highest BCUT2D eigenvalue weighted by molar-refractivity contribution is 5.99. The Bertz CT molecular complexity index is 488. The predicted molar refractivity (Wildman–Crippen MR) is 69.9 cm³/mol. The van der Waals surface area contributed by atoms with E-state index in [1.807, 2.05) is 0 Å². The summed E-state index contributed by atoms with van der Waals surface area (Å²) in [6, 6.07) is 0. The summed E-state index contributed by atoms with van der Waals surface area (Å²) >= 11 is 0. The van der Waals surface area contributed by atoms with Crippen molar-refractivity contribution in [3.63, 3.8) is 0 Å². The average molecular weight is 265 g/mol. The van der Waals surface area contributed by atoms with Gasteiger partial charge in [-0.1, -0.05) is 24.4 Å². The first kappa shape index (κ1) is 13.4. The minimum Gasteiger partial charge on any atom is -0.409 e. The fourth-order valence-electron chi connectivity index (χ4n) is 2.51. The molecular formula is C12H19N5O2. The van der Waals surface area contributed by atoms with Crippen LogP contribution in [0.4, 0.5) is 0 Å². The number of carbonyl (C=O) groups is 1. The molecule has 1 aromatic rings. The molecule has 0 aromatic carbocycles. The van der Waals surface area contributed by atoms with Crippen molar-refractivity contribution >= 4 is 11.7 Å². The second-order valence-electron chi connectivity index (χ2n) is 5.01. The number of hydrogen-bond acceptors (Lipinski definition) is 4. The van der Waals surface area contributed by atoms with Crippen LogP contribution >= 0.6 is 0 Å². The van der Waals surface area contributed by atoms with Crippen LogP contribution in [-0.4, -0.2) is 32.0 Å². The van der Waals surface area contributed by atoms with Crippen LogP contribution in [0.15, 0.2) is 17.7 Å². The number of aryl methyl sites for hydroxylation is 1. The molecule has 0 radical (unpaired) electrons. The van der Waals surface area contributed by atoms with E-state index in [9.17, 15) is 4.79 Å². The molecule has 1 aliphatic carbocycles. The molecule has 0 spiro atoms. The zero-order valence-corrected chi connectivity index (χ0v) is 11.0. The summed E-state index contributed by atoms with van der Waals surface area (Å²) in [6.45, 7) is 0. The first-order chi connectivity index (χ1) is 9.07. The van der Waals surface area contributed by atoms with E-state index in [0.717, 1.165) is 19.3 Å². The SMILES string of the molecule is Cn1cnc(C(=O)NC2(C(N)=NO)CCCCC2)c1. The molecule has 0 unspecified atom stereocenters. The molecule has 0 aliphatic heterocycles. The Hall–Kier alpha value is -2.05. The number of carbonyl (C=O) groups excluding carboxylic acids is 1. The number of aromatic nitrogens is 2. The predicted octanol–water partition coefficient (Wildman–Crippen LogP) is 0.599. The maximum atomic E-state index is 12.2. The van der Waals surface area contributed by atoms with Gasteiger partial charge in [-0.05, 0) is 12.8 Å². The van der Waals surface area contributed by atoms with Crippen molar-refractivity contribution in [3.8, 4) is 0 Å². The molecule has 4 N–H and O–H groups in total. The highest BCUT2D eigenvalue weighted by Gasteiger charge is 2.38. The molecule has 7 heteroatoms. The third kappa shape index (κ3) is 2.69. The Labute approximate surface area is 111 Å². The quantitative estimate of drug-likeness (QED) is 0.322. The zero-order chi connectivity index (χ0) is 13.9. The zero-order valence-electron chi connectivity index (χ0n) is 11.0. The number of nitrogens with one attached hydrogen (secondary N) is 1. The number of imidazole rings is 1. The number of amidine groups is 1. The Balaban J connectivity index is 2.19. The summed E-state index contributed by atoms with van der Waals surface area (Å²) in [5, 5.41) is 14.9. The van der Waals surface area contributed by atoms with Crippen molar-refractivity contribution in [2.75, 3.05) is 0 Å². The number of nitrogens with zero attached hydrogens (tertiary/aromatic N) is 3. The summed E-state index contributed by atoms with van der Waals surface area (Å²) < 4.78 is 1.70. The smallest absolute Gasteiger partial charge is 0.272 e. The van der Waals surface area contributed by atoms with Crippen LogP contribution in [0.1, 0.15) is 42.6 Å². The lowest BCUT2D eigenvalue weighted by molar-refractivity contribution is 0.0901. The van der Waals surface area contributed by atoms with E-state index in [2.05, 4.69) is 15.5 Å². The highest BCUT2D eigenvalue weighted by atomic mass is 16.4. The number of hydrogen-bond donors (Lipinski definition) is 3. The summed E-state index contributed by atoms with van der Waals surface area (Å²) in [6.07, 6.45) is 7.55. The number of oxime groups is 1. The molecule has 1 saturated carbocycles. The Morgan fingerprint density at radius 3 is 2.74 bits per heavy atom. The monoisotopic (exact) mass is 265 g/mol. The van der Waals surface area contributed by atoms with E-state index in [-0.39, 0.29) is 11.7 Å². The number of rotatable bonds is 3. The lowest BCUT2D eigenvalue weighted by Crippen LogP contribution is -2.58. The van der Waals surface area contributed by atoms with E-state index < -0.39 is 5.54 Å². The lowest BCUT2D eigenvalue weighted by atomic mass is 9.80. The molecule has 1 heterocycles. The van der Waals surface area contributed by atoms with Crippen molar-refractivity contribution in [1.82, 2.24) is 14.9 Å². The van der Waals surface area contributed by atoms with E-state index in [1.165, 1.54) is 0 Å². The third-order valence-corrected chi connectivity index (χ3v) is 3.60. The van der Waals surface area contributed by atoms with Crippen LogP contribution in [0.25, 0.3) is 0 Å². The second kappa shape index (κ2) is 5.29. The number of amides is 1. The van der Waals surface area contributed by atoms with E-state index in [1.54, 1.807) is 24.1 Å². The Kier molecular flexibility index (Phi) is 3.73. The van der Waals surface area contributed by atoms with Gasteiger partial charge < -0.3 is 20.8 Å². The fraction of sp³-hybridized carbons (Fsp3) is 0.583. The van der Waals surface area contributed by atoms with Gasteiger partial charge >= 0.3 is 0 Å². The Morgan fingerprint density at radius 2 is 2.21 bits per heavy atom. The van der Waals surface area contributed by atoms with Gasteiger partial charge in [-0.3, -0.25) is 4.79 Å². The van der Waals surface area contributed by atoms with Gasteiger partial charge in [0.15, 0.2) is 5.84 Å². The molecule has 1 aromatic heterocycles.